The molecule has 0 bridgehead atoms. The zero-order valence-electron chi connectivity index (χ0n) is 7.17. The topological polar surface area (TPSA) is 12.9 Å². The molecule has 0 aliphatic carbocycles. The number of nitrogens with zero attached hydrogens (tertiary/aromatic N) is 1. The Bertz CT molecular complexity index is 487. The molecule has 0 unspecified atom stereocenters. The second-order valence-electron chi connectivity index (χ2n) is 2.83. The van der Waals surface area contributed by atoms with Gasteiger partial charge in [0, 0.05) is 11.5 Å². The highest BCUT2D eigenvalue weighted by Gasteiger charge is 1.96. The maximum Gasteiger partial charge on any atom is 0.270 e. The molecular formula is C11H6F2N. The van der Waals surface area contributed by atoms with Gasteiger partial charge in [-0.05, 0) is 17.7 Å². The number of rotatable bonds is 1. The largest absolute Gasteiger partial charge is 0.270 e. The van der Waals surface area contributed by atoms with Gasteiger partial charge in [0.25, 0.3) is 6.08 Å². The van der Waals surface area contributed by atoms with Crippen LogP contribution in [0.2, 0.25) is 0 Å². The quantitative estimate of drug-likeness (QED) is 0.672. The van der Waals surface area contributed by atoms with Crippen LogP contribution in [-0.4, -0.2) is 4.98 Å². The molecule has 0 N–H and O–H groups in total. The van der Waals surface area contributed by atoms with Crippen molar-refractivity contribution in [3.8, 4) is 0 Å². The Hall–Kier alpha value is -1.77. The van der Waals surface area contributed by atoms with E-state index in [9.17, 15) is 8.78 Å². The molecule has 1 nitrogen and oxygen atoms in total. The lowest BCUT2D eigenvalue weighted by Gasteiger charge is -1.96. The van der Waals surface area contributed by atoms with Crippen LogP contribution in [-0.2, 0) is 0 Å². The smallest absolute Gasteiger partial charge is 0.246 e. The molecular weight excluding hydrogens is 184 g/mol. The summed E-state index contributed by atoms with van der Waals surface area (Å²) in [6.07, 6.45) is 1.77. The first-order chi connectivity index (χ1) is 6.75. The molecule has 0 saturated carbocycles. The highest BCUT2D eigenvalue weighted by molar-refractivity contribution is 5.80. The van der Waals surface area contributed by atoms with Crippen molar-refractivity contribution in [2.75, 3.05) is 0 Å². The lowest BCUT2D eigenvalue weighted by molar-refractivity contribution is 0.429. The van der Waals surface area contributed by atoms with E-state index in [1.165, 1.54) is 0 Å². The molecule has 1 heterocycles. The minimum Gasteiger partial charge on any atom is -0.246 e. The monoisotopic (exact) mass is 190 g/mol. The van der Waals surface area contributed by atoms with Crippen LogP contribution in [0.5, 0.6) is 0 Å². The van der Waals surface area contributed by atoms with Crippen LogP contribution in [0.1, 0.15) is 5.56 Å². The predicted molar refractivity (Wildman–Crippen MR) is 50.8 cm³/mol. The van der Waals surface area contributed by atoms with E-state index in [2.05, 4.69) is 11.2 Å². The van der Waals surface area contributed by atoms with Gasteiger partial charge >= 0.3 is 0 Å². The van der Waals surface area contributed by atoms with Crippen molar-refractivity contribution >= 4 is 17.0 Å². The van der Waals surface area contributed by atoms with Crippen molar-refractivity contribution in [2.24, 2.45) is 0 Å². The molecule has 14 heavy (non-hydrogen) atoms. The van der Waals surface area contributed by atoms with Crippen molar-refractivity contribution in [1.29, 1.82) is 0 Å². The molecule has 3 heteroatoms. The zero-order chi connectivity index (χ0) is 9.97. The van der Waals surface area contributed by atoms with Gasteiger partial charge in [0.2, 0.25) is 0 Å². The molecule has 2 aromatic rings. The van der Waals surface area contributed by atoms with Crippen LogP contribution in [0.4, 0.5) is 8.78 Å². The zero-order valence-corrected chi connectivity index (χ0v) is 7.17. The number of benzene rings is 1. The lowest BCUT2D eigenvalue weighted by Crippen LogP contribution is -1.79. The van der Waals surface area contributed by atoms with Crippen LogP contribution < -0.4 is 0 Å². The Kier molecular flexibility index (Phi) is 2.23. The second-order valence-corrected chi connectivity index (χ2v) is 2.83. The molecule has 0 spiro atoms. The van der Waals surface area contributed by atoms with E-state index in [0.717, 1.165) is 11.5 Å². The van der Waals surface area contributed by atoms with Gasteiger partial charge < -0.3 is 0 Å². The van der Waals surface area contributed by atoms with Gasteiger partial charge in [-0.3, -0.25) is 0 Å². The van der Waals surface area contributed by atoms with E-state index in [1.807, 2.05) is 6.07 Å². The molecule has 1 radical (unpaired) electrons. The number of hydrogen-bond donors (Lipinski definition) is 0. The highest BCUT2D eigenvalue weighted by Crippen LogP contribution is 2.15. The fourth-order valence-electron chi connectivity index (χ4n) is 1.25. The van der Waals surface area contributed by atoms with Gasteiger partial charge in [-0.25, -0.2) is 4.98 Å². The van der Waals surface area contributed by atoms with Gasteiger partial charge in [-0.15, -0.1) is 0 Å². The molecule has 0 fully saturated rings. The van der Waals surface area contributed by atoms with E-state index in [0.29, 0.717) is 11.1 Å². The van der Waals surface area contributed by atoms with Crippen LogP contribution >= 0.6 is 0 Å². The van der Waals surface area contributed by atoms with Crippen molar-refractivity contribution < 1.29 is 8.78 Å². The Morgan fingerprint density at radius 1 is 1.29 bits per heavy atom. The first kappa shape index (κ1) is 8.81. The average molecular weight is 190 g/mol. The number of pyridine rings is 1. The van der Waals surface area contributed by atoms with Crippen molar-refractivity contribution in [2.45, 2.75) is 0 Å². The van der Waals surface area contributed by atoms with E-state index in [-0.39, 0.29) is 0 Å². The summed E-state index contributed by atoms with van der Waals surface area (Å²) in [6, 6.07) is 8.51. The molecule has 0 aliphatic rings. The summed E-state index contributed by atoms with van der Waals surface area (Å²) in [7, 11) is 0. The SMILES string of the molecule is FC(F)=Cc1ccc2cc[c]nc2c1. The van der Waals surface area contributed by atoms with Gasteiger partial charge in [0.05, 0.1) is 11.7 Å². The minimum absolute atomic E-state index is 0.449. The molecule has 0 atom stereocenters. The Labute approximate surface area is 79.7 Å². The highest BCUT2D eigenvalue weighted by atomic mass is 19.3. The van der Waals surface area contributed by atoms with Crippen LogP contribution in [0.25, 0.3) is 17.0 Å². The van der Waals surface area contributed by atoms with Crippen LogP contribution in [0.15, 0.2) is 36.4 Å². The summed E-state index contributed by atoms with van der Waals surface area (Å²) in [6.45, 7) is 0. The van der Waals surface area contributed by atoms with E-state index in [1.54, 1.807) is 24.3 Å². The van der Waals surface area contributed by atoms with Gasteiger partial charge in [-0.2, -0.15) is 8.78 Å². The third-order valence-electron chi connectivity index (χ3n) is 1.85. The number of aromatic nitrogens is 1. The summed E-state index contributed by atoms with van der Waals surface area (Å²) in [5.74, 6) is 0. The number of fused-ring (bicyclic) bond motifs is 1. The van der Waals surface area contributed by atoms with E-state index >= 15 is 0 Å². The predicted octanol–water partition coefficient (Wildman–Crippen LogP) is 3.27. The molecule has 0 aliphatic heterocycles. The Morgan fingerprint density at radius 3 is 2.93 bits per heavy atom. The second kappa shape index (κ2) is 3.54. The normalized spacial score (nSPS) is 10.1. The summed E-state index contributed by atoms with van der Waals surface area (Å²) in [4.78, 5) is 3.95. The summed E-state index contributed by atoms with van der Waals surface area (Å²) in [5.41, 5.74) is 1.12. The first-order valence-corrected chi connectivity index (χ1v) is 4.05. The van der Waals surface area contributed by atoms with Gasteiger partial charge in [0.1, 0.15) is 0 Å². The van der Waals surface area contributed by atoms with Gasteiger partial charge in [0.15, 0.2) is 0 Å². The van der Waals surface area contributed by atoms with Crippen molar-refractivity contribution in [3.05, 3.63) is 48.2 Å². The fourth-order valence-corrected chi connectivity index (χ4v) is 1.25. The van der Waals surface area contributed by atoms with Crippen molar-refractivity contribution in [3.63, 3.8) is 0 Å². The maximum atomic E-state index is 12.0. The van der Waals surface area contributed by atoms with E-state index < -0.39 is 6.08 Å². The fraction of sp³-hybridized carbons (Fsp3) is 0. The molecule has 1 aromatic carbocycles. The van der Waals surface area contributed by atoms with Crippen LogP contribution in [0.3, 0.4) is 0 Å². The van der Waals surface area contributed by atoms with Crippen molar-refractivity contribution in [1.82, 2.24) is 4.98 Å². The lowest BCUT2D eigenvalue weighted by atomic mass is 10.1. The molecule has 1 aromatic heterocycles. The summed E-state index contributed by atoms with van der Waals surface area (Å²) in [5, 5.41) is 0.917. The Balaban J connectivity index is 2.57. The maximum absolute atomic E-state index is 12.0. The standard InChI is InChI=1S/C11H6F2N/c12-11(13)7-8-3-4-9-2-1-5-14-10(9)6-8/h1-4,6-7H. The molecule has 69 valence electrons. The van der Waals surface area contributed by atoms with Gasteiger partial charge in [-0.1, -0.05) is 18.2 Å². The summed E-state index contributed by atoms with van der Waals surface area (Å²) < 4.78 is 23.9. The summed E-state index contributed by atoms with van der Waals surface area (Å²) >= 11 is 0. The number of hydrogen-bond acceptors (Lipinski definition) is 1. The van der Waals surface area contributed by atoms with Crippen LogP contribution in [0, 0.1) is 6.20 Å². The minimum atomic E-state index is -1.70. The molecule has 0 amide bonds. The third kappa shape index (κ3) is 1.76. The first-order valence-electron chi connectivity index (χ1n) is 4.05. The van der Waals surface area contributed by atoms with E-state index in [4.69, 9.17) is 0 Å². The molecule has 2 rings (SSSR count). The Morgan fingerprint density at radius 2 is 2.14 bits per heavy atom. The average Bonchev–Trinajstić information content (AvgIpc) is 2.17. The number of halogens is 2. The molecule has 0 saturated heterocycles. The third-order valence-corrected chi connectivity index (χ3v) is 1.85.